The Kier molecular flexibility index (Phi) is 5.62. The van der Waals surface area contributed by atoms with Gasteiger partial charge in [-0.3, -0.25) is 4.72 Å². The van der Waals surface area contributed by atoms with Gasteiger partial charge in [-0.2, -0.15) is 0 Å². The average molecular weight is 347 g/mol. The lowest BCUT2D eigenvalue weighted by Gasteiger charge is -2.11. The van der Waals surface area contributed by atoms with Gasteiger partial charge in [0.2, 0.25) is 10.0 Å². The fourth-order valence-electron chi connectivity index (χ4n) is 2.25. The van der Waals surface area contributed by atoms with E-state index in [2.05, 4.69) is 4.72 Å². The van der Waals surface area contributed by atoms with Crippen molar-refractivity contribution in [3.8, 4) is 0 Å². The van der Waals surface area contributed by atoms with Gasteiger partial charge in [-0.1, -0.05) is 30.3 Å². The number of aromatic carboxylic acids is 1. The van der Waals surface area contributed by atoms with E-state index in [1.165, 1.54) is 0 Å². The fourth-order valence-corrected chi connectivity index (χ4v) is 2.95. The van der Waals surface area contributed by atoms with E-state index in [0.29, 0.717) is 24.1 Å². The molecule has 0 spiro atoms. The Morgan fingerprint density at radius 1 is 1.04 bits per heavy atom. The number of hydrogen-bond acceptors (Lipinski definition) is 3. The van der Waals surface area contributed by atoms with Crippen LogP contribution in [0.4, 0.5) is 5.69 Å². The van der Waals surface area contributed by atoms with Crippen molar-refractivity contribution in [1.82, 2.24) is 0 Å². The number of anilines is 1. The Hall–Kier alpha value is -2.34. The van der Waals surface area contributed by atoms with Crippen LogP contribution in [0.5, 0.6) is 0 Å². The van der Waals surface area contributed by atoms with Crippen LogP contribution in [-0.2, 0) is 22.9 Å². The zero-order chi connectivity index (χ0) is 17.7. The minimum Gasteiger partial charge on any atom is -0.478 e. The van der Waals surface area contributed by atoms with Gasteiger partial charge in [-0.15, -0.1) is 0 Å². The highest BCUT2D eigenvalue weighted by atomic mass is 32.2. The lowest BCUT2D eigenvalue weighted by atomic mass is 10.00. The third kappa shape index (κ3) is 4.58. The number of sulfonamides is 1. The second-order valence-electron chi connectivity index (χ2n) is 5.86. The molecule has 0 unspecified atom stereocenters. The van der Waals surface area contributed by atoms with Crippen molar-refractivity contribution in [2.24, 2.45) is 0 Å². The lowest BCUT2D eigenvalue weighted by molar-refractivity contribution is 0.0695. The molecule has 2 aromatic rings. The van der Waals surface area contributed by atoms with Gasteiger partial charge < -0.3 is 5.11 Å². The molecule has 0 heterocycles. The van der Waals surface area contributed by atoms with Crippen molar-refractivity contribution >= 4 is 21.7 Å². The van der Waals surface area contributed by atoms with Gasteiger partial charge in [-0.25, -0.2) is 13.2 Å². The Balaban J connectivity index is 2.04. The molecule has 2 rings (SSSR count). The minimum absolute atomic E-state index is 0.318. The zero-order valence-electron chi connectivity index (χ0n) is 13.7. The summed E-state index contributed by atoms with van der Waals surface area (Å²) in [6.45, 7) is 3.24. The third-order valence-corrected chi connectivity index (χ3v) is 5.53. The number of carboxylic acids is 1. The lowest BCUT2D eigenvalue weighted by Crippen LogP contribution is -2.22. The summed E-state index contributed by atoms with van der Waals surface area (Å²) in [6.07, 6.45) is 1.29. The van der Waals surface area contributed by atoms with Crippen LogP contribution in [-0.4, -0.2) is 24.7 Å². The maximum Gasteiger partial charge on any atom is 0.335 e. The first-order chi connectivity index (χ1) is 11.3. The summed E-state index contributed by atoms with van der Waals surface area (Å²) in [5.41, 5.74) is 2.65. The van der Waals surface area contributed by atoms with Crippen LogP contribution in [0.25, 0.3) is 0 Å². The molecule has 0 fully saturated rings. The first kappa shape index (κ1) is 18.0. The molecule has 0 aliphatic heterocycles. The largest absolute Gasteiger partial charge is 0.478 e. The summed E-state index contributed by atoms with van der Waals surface area (Å²) >= 11 is 0. The van der Waals surface area contributed by atoms with Crippen molar-refractivity contribution < 1.29 is 18.3 Å². The van der Waals surface area contributed by atoms with Gasteiger partial charge >= 0.3 is 5.97 Å². The van der Waals surface area contributed by atoms with Gasteiger partial charge in [0, 0.05) is 5.69 Å². The molecule has 0 saturated carbocycles. The number of benzene rings is 2. The predicted octanol–water partition coefficient (Wildman–Crippen LogP) is 3.32. The smallest absolute Gasteiger partial charge is 0.335 e. The Bertz CT molecular complexity index is 811. The molecule has 0 aromatic heterocycles. The Morgan fingerprint density at radius 2 is 1.67 bits per heavy atom. The Morgan fingerprint density at radius 3 is 2.25 bits per heavy atom. The van der Waals surface area contributed by atoms with Crippen LogP contribution in [0.15, 0.2) is 48.5 Å². The first-order valence-corrected chi connectivity index (χ1v) is 9.26. The standard InChI is InChI=1S/C18H21NO4S/c1-13(2)24(22,23)19-16-11-8-14(9-12-16)7-10-15-5-3-4-6-17(15)18(20)21/h3-6,8-9,11-13,19H,7,10H2,1-2H3,(H,20,21). The van der Waals surface area contributed by atoms with Crippen LogP contribution in [0.2, 0.25) is 0 Å². The van der Waals surface area contributed by atoms with E-state index in [1.54, 1.807) is 38.1 Å². The molecule has 2 aromatic carbocycles. The van der Waals surface area contributed by atoms with Crippen LogP contribution in [0, 0.1) is 0 Å². The molecule has 0 aliphatic rings. The normalized spacial score (nSPS) is 11.5. The fraction of sp³-hybridized carbons (Fsp3) is 0.278. The molecule has 2 N–H and O–H groups in total. The molecule has 128 valence electrons. The average Bonchev–Trinajstić information content (AvgIpc) is 2.54. The molecule has 6 heteroatoms. The summed E-state index contributed by atoms with van der Waals surface area (Å²) in [4.78, 5) is 11.2. The number of carbonyl (C=O) groups is 1. The topological polar surface area (TPSA) is 83.5 Å². The number of carboxylic acid groups (broad SMARTS) is 1. The number of nitrogens with one attached hydrogen (secondary N) is 1. The molecule has 0 saturated heterocycles. The predicted molar refractivity (Wildman–Crippen MR) is 94.9 cm³/mol. The summed E-state index contributed by atoms with van der Waals surface area (Å²) in [7, 11) is -3.35. The van der Waals surface area contributed by atoms with E-state index in [9.17, 15) is 18.3 Å². The molecule has 24 heavy (non-hydrogen) atoms. The van der Waals surface area contributed by atoms with Crippen molar-refractivity contribution in [3.63, 3.8) is 0 Å². The van der Waals surface area contributed by atoms with Crippen LogP contribution in [0.3, 0.4) is 0 Å². The Labute approximate surface area is 142 Å². The third-order valence-electron chi connectivity index (χ3n) is 3.77. The van der Waals surface area contributed by atoms with Crippen LogP contribution < -0.4 is 4.72 Å². The summed E-state index contributed by atoms with van der Waals surface area (Å²) in [6, 6.07) is 14.1. The number of rotatable bonds is 7. The van der Waals surface area contributed by atoms with Gasteiger partial charge in [0.25, 0.3) is 0 Å². The second kappa shape index (κ2) is 7.49. The van der Waals surface area contributed by atoms with E-state index >= 15 is 0 Å². The van der Waals surface area contributed by atoms with Crippen molar-refractivity contribution in [1.29, 1.82) is 0 Å². The first-order valence-electron chi connectivity index (χ1n) is 7.71. The van der Waals surface area contributed by atoms with E-state index in [-0.39, 0.29) is 0 Å². The molecular formula is C18H21NO4S. The van der Waals surface area contributed by atoms with E-state index in [4.69, 9.17) is 0 Å². The molecule has 0 atom stereocenters. The maximum atomic E-state index is 11.8. The van der Waals surface area contributed by atoms with Crippen LogP contribution in [0.1, 0.15) is 35.3 Å². The van der Waals surface area contributed by atoms with Gasteiger partial charge in [-0.05, 0) is 56.0 Å². The SMILES string of the molecule is CC(C)S(=O)(=O)Nc1ccc(CCc2ccccc2C(=O)O)cc1. The highest BCUT2D eigenvalue weighted by Crippen LogP contribution is 2.16. The van der Waals surface area contributed by atoms with E-state index in [0.717, 1.165) is 11.1 Å². The van der Waals surface area contributed by atoms with Gasteiger partial charge in [0.05, 0.1) is 10.8 Å². The molecule has 0 aliphatic carbocycles. The van der Waals surface area contributed by atoms with Crippen molar-refractivity contribution in [2.45, 2.75) is 31.9 Å². The molecule has 0 bridgehead atoms. The highest BCUT2D eigenvalue weighted by molar-refractivity contribution is 7.93. The molecule has 0 amide bonds. The minimum atomic E-state index is -3.35. The monoisotopic (exact) mass is 347 g/mol. The number of aryl methyl sites for hydroxylation is 2. The van der Waals surface area contributed by atoms with Crippen LogP contribution >= 0.6 is 0 Å². The summed E-state index contributed by atoms with van der Waals surface area (Å²) in [5, 5.41) is 8.69. The highest BCUT2D eigenvalue weighted by Gasteiger charge is 2.15. The summed E-state index contributed by atoms with van der Waals surface area (Å²) in [5.74, 6) is -0.927. The quantitative estimate of drug-likeness (QED) is 0.805. The molecule has 5 nitrogen and oxygen atoms in total. The second-order valence-corrected chi connectivity index (χ2v) is 8.09. The summed E-state index contributed by atoms with van der Waals surface area (Å²) < 4.78 is 26.2. The van der Waals surface area contributed by atoms with Crippen molar-refractivity contribution in [3.05, 3.63) is 65.2 Å². The molecule has 0 radical (unpaired) electrons. The number of hydrogen-bond donors (Lipinski definition) is 2. The van der Waals surface area contributed by atoms with Gasteiger partial charge in [0.1, 0.15) is 0 Å². The molecular weight excluding hydrogens is 326 g/mol. The maximum absolute atomic E-state index is 11.8. The van der Waals surface area contributed by atoms with Gasteiger partial charge in [0.15, 0.2) is 0 Å². The van der Waals surface area contributed by atoms with E-state index in [1.807, 2.05) is 24.3 Å². The van der Waals surface area contributed by atoms with E-state index < -0.39 is 21.2 Å². The van der Waals surface area contributed by atoms with Crippen molar-refractivity contribution in [2.75, 3.05) is 4.72 Å². The zero-order valence-corrected chi connectivity index (χ0v) is 14.5.